The lowest BCUT2D eigenvalue weighted by Crippen LogP contribution is -2.38. The average Bonchev–Trinajstić information content (AvgIpc) is 2.48. The molecule has 0 nitrogen and oxygen atoms in total. The second-order valence-corrected chi connectivity index (χ2v) is 4.63. The minimum atomic E-state index is -1.75. The number of hydrogen-bond donors (Lipinski definition) is 0. The van der Waals surface area contributed by atoms with E-state index in [1.807, 2.05) is 0 Å². The first-order valence-corrected chi connectivity index (χ1v) is 5.98. The maximum Gasteiger partial charge on any atom is 0.204 e. The Hall–Kier alpha value is -1.99. The first-order valence-electron chi connectivity index (χ1n) is 5.98. The van der Waals surface area contributed by atoms with Gasteiger partial charge in [-0.25, -0.2) is 30.7 Å². The summed E-state index contributed by atoms with van der Waals surface area (Å²) < 4.78 is 94.4. The monoisotopic (exact) mass is 319 g/mol. The zero-order chi connectivity index (χ0) is 16.8. The van der Waals surface area contributed by atoms with Crippen LogP contribution in [-0.2, 0) is 0 Å². The molecule has 115 valence electrons. The average molecular weight is 319 g/mol. The van der Waals surface area contributed by atoms with E-state index in [0.717, 1.165) is 13.8 Å². The Morgan fingerprint density at radius 3 is 1.59 bits per heavy atom. The summed E-state index contributed by atoms with van der Waals surface area (Å²) in [4.78, 5) is 0. The lowest BCUT2D eigenvalue weighted by atomic mass is 9.61. The lowest BCUT2D eigenvalue weighted by Gasteiger charge is -2.12. The van der Waals surface area contributed by atoms with Crippen molar-refractivity contribution in [3.63, 3.8) is 0 Å². The molecule has 2 aromatic carbocycles. The van der Waals surface area contributed by atoms with Crippen LogP contribution in [0.3, 0.4) is 0 Å². The molecule has 0 saturated carbocycles. The summed E-state index contributed by atoms with van der Waals surface area (Å²) in [5, 5.41) is 0. The predicted molar refractivity (Wildman–Crippen MR) is 67.1 cm³/mol. The van der Waals surface area contributed by atoms with Crippen molar-refractivity contribution < 1.29 is 30.7 Å². The molecule has 0 amide bonds. The van der Waals surface area contributed by atoms with Gasteiger partial charge in [-0.3, -0.25) is 0 Å². The van der Waals surface area contributed by atoms with Crippen molar-refractivity contribution in [3.05, 3.63) is 57.9 Å². The van der Waals surface area contributed by atoms with Crippen LogP contribution in [0.2, 0.25) is 0 Å². The van der Waals surface area contributed by atoms with Crippen molar-refractivity contribution in [1.82, 2.24) is 0 Å². The molecule has 0 unspecified atom stereocenters. The van der Waals surface area contributed by atoms with E-state index in [2.05, 4.69) is 0 Å². The van der Waals surface area contributed by atoms with Gasteiger partial charge in [-0.15, -0.1) is 0 Å². The normalized spacial score (nSPS) is 11.0. The summed E-state index contributed by atoms with van der Waals surface area (Å²) in [7, 11) is 0.392. The lowest BCUT2D eigenvalue weighted by molar-refractivity contribution is 0.454. The quantitative estimate of drug-likeness (QED) is 0.454. The van der Waals surface area contributed by atoms with Crippen molar-refractivity contribution in [1.29, 1.82) is 0 Å². The van der Waals surface area contributed by atoms with E-state index in [4.69, 9.17) is 0 Å². The van der Waals surface area contributed by atoms with Gasteiger partial charge in [0.2, 0.25) is 7.28 Å². The topological polar surface area (TPSA) is 0 Å². The van der Waals surface area contributed by atoms with E-state index in [9.17, 15) is 30.7 Å². The maximum atomic E-state index is 13.7. The SMILES string of the molecule is Cc1c(F)c(F)c([B]c2c(F)cc(F)c(F)c2C)c(F)c1F. The summed E-state index contributed by atoms with van der Waals surface area (Å²) in [6, 6.07) is 0.172. The minimum Gasteiger partial charge on any atom is -0.207 e. The highest BCUT2D eigenvalue weighted by molar-refractivity contribution is 6.68. The molecule has 0 N–H and O–H groups in total. The fraction of sp³-hybridized carbons (Fsp3) is 0.143. The number of hydrogen-bond acceptors (Lipinski definition) is 0. The van der Waals surface area contributed by atoms with Crippen molar-refractivity contribution in [2.75, 3.05) is 0 Å². The fourth-order valence-electron chi connectivity index (χ4n) is 1.94. The van der Waals surface area contributed by atoms with Crippen LogP contribution in [0.15, 0.2) is 6.07 Å². The Bertz CT molecular complexity index is 742. The van der Waals surface area contributed by atoms with Crippen LogP contribution >= 0.6 is 0 Å². The van der Waals surface area contributed by atoms with Crippen molar-refractivity contribution in [2.24, 2.45) is 0 Å². The molecule has 0 saturated heterocycles. The molecule has 2 rings (SSSR count). The van der Waals surface area contributed by atoms with Gasteiger partial charge in [0.05, 0.1) is 0 Å². The van der Waals surface area contributed by atoms with Gasteiger partial charge in [-0.2, -0.15) is 0 Å². The third-order valence-electron chi connectivity index (χ3n) is 3.26. The Morgan fingerprint density at radius 2 is 1.09 bits per heavy atom. The highest BCUT2D eigenvalue weighted by atomic mass is 19.2. The Kier molecular flexibility index (Phi) is 4.22. The molecule has 2 aromatic rings. The highest BCUT2D eigenvalue weighted by Gasteiger charge is 2.26. The van der Waals surface area contributed by atoms with Crippen LogP contribution in [0.25, 0.3) is 0 Å². The predicted octanol–water partition coefficient (Wildman–Crippen LogP) is 2.93. The van der Waals surface area contributed by atoms with Gasteiger partial charge in [0.15, 0.2) is 34.9 Å². The smallest absolute Gasteiger partial charge is 0.204 e. The van der Waals surface area contributed by atoms with Crippen LogP contribution in [0.1, 0.15) is 11.1 Å². The zero-order valence-corrected chi connectivity index (χ0v) is 11.3. The third kappa shape index (κ3) is 2.46. The van der Waals surface area contributed by atoms with E-state index in [0.29, 0.717) is 7.28 Å². The van der Waals surface area contributed by atoms with Crippen LogP contribution in [0, 0.1) is 54.6 Å². The molecule has 1 radical (unpaired) electrons. The Labute approximate surface area is 121 Å². The van der Waals surface area contributed by atoms with Crippen molar-refractivity contribution in [3.8, 4) is 0 Å². The largest absolute Gasteiger partial charge is 0.207 e. The molecule has 0 fully saturated rings. The standard InChI is InChI=1S/C14H7BF7/c1-4-8(6(16)3-7(17)10(4)18)15-9-13(21)11(19)5(2)12(20)14(9)22/h3H,1-2H3. The van der Waals surface area contributed by atoms with Gasteiger partial charge < -0.3 is 0 Å². The molecule has 0 atom stereocenters. The van der Waals surface area contributed by atoms with Crippen LogP contribution in [-0.4, -0.2) is 7.28 Å². The highest BCUT2D eigenvalue weighted by Crippen LogP contribution is 2.17. The molecule has 22 heavy (non-hydrogen) atoms. The first kappa shape index (κ1) is 16.4. The van der Waals surface area contributed by atoms with Crippen LogP contribution in [0.4, 0.5) is 30.7 Å². The summed E-state index contributed by atoms with van der Waals surface area (Å²) in [5.74, 6) is -11.0. The number of halogens is 7. The number of benzene rings is 2. The molecule has 0 aromatic heterocycles. The molecule has 0 aliphatic rings. The molecule has 8 heteroatoms. The number of rotatable bonds is 2. The molecule has 0 aliphatic carbocycles. The van der Waals surface area contributed by atoms with Crippen LogP contribution < -0.4 is 10.9 Å². The minimum absolute atomic E-state index is 0.172. The van der Waals surface area contributed by atoms with Gasteiger partial charge in [0.25, 0.3) is 0 Å². The van der Waals surface area contributed by atoms with E-state index >= 15 is 0 Å². The van der Waals surface area contributed by atoms with E-state index in [1.165, 1.54) is 0 Å². The third-order valence-corrected chi connectivity index (χ3v) is 3.26. The van der Waals surface area contributed by atoms with Gasteiger partial charge in [0.1, 0.15) is 5.82 Å². The maximum absolute atomic E-state index is 13.7. The summed E-state index contributed by atoms with van der Waals surface area (Å²) >= 11 is 0. The second-order valence-electron chi connectivity index (χ2n) is 4.63. The molecule has 0 heterocycles. The van der Waals surface area contributed by atoms with Gasteiger partial charge in [0, 0.05) is 11.6 Å². The second kappa shape index (κ2) is 5.66. The summed E-state index contributed by atoms with van der Waals surface area (Å²) in [6.07, 6.45) is 0. The molecule has 0 bridgehead atoms. The van der Waals surface area contributed by atoms with Gasteiger partial charge in [-0.1, -0.05) is 0 Å². The Balaban J connectivity index is 2.66. The zero-order valence-electron chi connectivity index (χ0n) is 11.3. The molecular weight excluding hydrogens is 312 g/mol. The van der Waals surface area contributed by atoms with E-state index < -0.39 is 62.8 Å². The Morgan fingerprint density at radius 1 is 0.591 bits per heavy atom. The summed E-state index contributed by atoms with van der Waals surface area (Å²) in [6.45, 7) is 1.79. The van der Waals surface area contributed by atoms with Crippen molar-refractivity contribution in [2.45, 2.75) is 13.8 Å². The van der Waals surface area contributed by atoms with E-state index in [-0.39, 0.29) is 6.07 Å². The summed E-state index contributed by atoms with van der Waals surface area (Å²) in [5.41, 5.74) is -3.39. The molecule has 0 spiro atoms. The van der Waals surface area contributed by atoms with Gasteiger partial charge >= 0.3 is 0 Å². The molecular formula is C14H7BF7. The van der Waals surface area contributed by atoms with Crippen molar-refractivity contribution >= 4 is 18.2 Å². The first-order chi connectivity index (χ1) is 10.2. The van der Waals surface area contributed by atoms with Crippen LogP contribution in [0.5, 0.6) is 0 Å². The fourth-order valence-corrected chi connectivity index (χ4v) is 1.94. The van der Waals surface area contributed by atoms with E-state index in [1.54, 1.807) is 0 Å². The van der Waals surface area contributed by atoms with Gasteiger partial charge in [-0.05, 0) is 30.3 Å². The molecule has 0 aliphatic heterocycles.